The molecule has 0 saturated heterocycles. The molecule has 0 spiro atoms. The second-order valence-electron chi connectivity index (χ2n) is 3.84. The third-order valence-corrected chi connectivity index (χ3v) is 3.12. The van der Waals surface area contributed by atoms with Gasteiger partial charge in [0.15, 0.2) is 0 Å². The molecule has 0 unspecified atom stereocenters. The van der Waals surface area contributed by atoms with E-state index in [9.17, 15) is 4.79 Å². The quantitative estimate of drug-likeness (QED) is 0.829. The van der Waals surface area contributed by atoms with Gasteiger partial charge in [-0.2, -0.15) is 0 Å². The average Bonchev–Trinajstić information content (AvgIpc) is 2.96. The smallest absolute Gasteiger partial charge is 0.328 e. The van der Waals surface area contributed by atoms with Crippen LogP contribution in [0.25, 0.3) is 6.08 Å². The standard InChI is InChI=1S/C14H13NO4S/c1-18-12-4-2-10(3-5-14(16)17)13(6-12)19-7-11-8-20-9-15-11/h2-6,8-9H,7H2,1H3,(H,16,17). The number of rotatable bonds is 6. The Balaban J connectivity index is 2.20. The monoisotopic (exact) mass is 291 g/mol. The Morgan fingerprint density at radius 1 is 1.50 bits per heavy atom. The Kier molecular flexibility index (Phi) is 4.73. The summed E-state index contributed by atoms with van der Waals surface area (Å²) in [5, 5.41) is 10.6. The minimum Gasteiger partial charge on any atom is -0.497 e. The lowest BCUT2D eigenvalue weighted by Crippen LogP contribution is -1.98. The first-order chi connectivity index (χ1) is 9.69. The molecule has 0 saturated carbocycles. The fourth-order valence-electron chi connectivity index (χ4n) is 1.53. The second-order valence-corrected chi connectivity index (χ2v) is 4.56. The molecule has 0 aliphatic rings. The second kappa shape index (κ2) is 6.72. The zero-order valence-electron chi connectivity index (χ0n) is 10.8. The molecule has 2 aromatic rings. The minimum absolute atomic E-state index is 0.324. The normalized spacial score (nSPS) is 10.7. The number of carbonyl (C=O) groups is 1. The van der Waals surface area contributed by atoms with Crippen LogP contribution in [0, 0.1) is 0 Å². The number of carboxylic acids is 1. The van der Waals surface area contributed by atoms with Crippen LogP contribution in [-0.2, 0) is 11.4 Å². The molecular weight excluding hydrogens is 278 g/mol. The predicted molar refractivity (Wildman–Crippen MR) is 76.1 cm³/mol. The topological polar surface area (TPSA) is 68.7 Å². The van der Waals surface area contributed by atoms with Crippen molar-refractivity contribution in [1.29, 1.82) is 0 Å². The van der Waals surface area contributed by atoms with Gasteiger partial charge in [0.2, 0.25) is 0 Å². The molecular formula is C14H13NO4S. The molecule has 5 nitrogen and oxygen atoms in total. The van der Waals surface area contributed by atoms with Crippen molar-refractivity contribution in [1.82, 2.24) is 4.98 Å². The van der Waals surface area contributed by atoms with Gasteiger partial charge in [0.1, 0.15) is 18.1 Å². The third-order valence-electron chi connectivity index (χ3n) is 2.49. The average molecular weight is 291 g/mol. The Labute approximate surface area is 120 Å². The van der Waals surface area contributed by atoms with Gasteiger partial charge in [-0.3, -0.25) is 0 Å². The van der Waals surface area contributed by atoms with Crippen molar-refractivity contribution >= 4 is 23.4 Å². The summed E-state index contributed by atoms with van der Waals surface area (Å²) in [7, 11) is 1.56. The highest BCUT2D eigenvalue weighted by molar-refractivity contribution is 7.07. The lowest BCUT2D eigenvalue weighted by molar-refractivity contribution is -0.131. The molecule has 20 heavy (non-hydrogen) atoms. The summed E-state index contributed by atoms with van der Waals surface area (Å²) in [6, 6.07) is 5.21. The minimum atomic E-state index is -1.01. The number of hydrogen-bond acceptors (Lipinski definition) is 5. The lowest BCUT2D eigenvalue weighted by Gasteiger charge is -2.10. The molecule has 0 radical (unpaired) electrons. The van der Waals surface area contributed by atoms with Gasteiger partial charge in [0, 0.05) is 23.1 Å². The van der Waals surface area contributed by atoms with Crippen molar-refractivity contribution in [2.75, 3.05) is 7.11 Å². The first-order valence-corrected chi connectivity index (χ1v) is 6.72. The molecule has 1 heterocycles. The van der Waals surface area contributed by atoms with Crippen LogP contribution in [0.2, 0.25) is 0 Å². The van der Waals surface area contributed by atoms with Gasteiger partial charge in [-0.15, -0.1) is 11.3 Å². The number of methoxy groups -OCH3 is 1. The SMILES string of the molecule is COc1ccc(C=CC(=O)O)c(OCc2cscn2)c1. The van der Waals surface area contributed by atoms with Crippen molar-refractivity contribution in [2.45, 2.75) is 6.61 Å². The van der Waals surface area contributed by atoms with E-state index in [1.807, 2.05) is 5.38 Å². The number of nitrogens with zero attached hydrogens (tertiary/aromatic N) is 1. The zero-order valence-corrected chi connectivity index (χ0v) is 11.6. The molecule has 0 fully saturated rings. The summed E-state index contributed by atoms with van der Waals surface area (Å²) in [5.41, 5.74) is 3.23. The maximum absolute atomic E-state index is 10.6. The summed E-state index contributed by atoms with van der Waals surface area (Å²) in [5.74, 6) is 0.187. The van der Waals surface area contributed by atoms with Crippen molar-refractivity contribution in [3.05, 3.63) is 46.4 Å². The van der Waals surface area contributed by atoms with E-state index in [-0.39, 0.29) is 0 Å². The van der Waals surface area contributed by atoms with Crippen molar-refractivity contribution < 1.29 is 19.4 Å². The molecule has 2 rings (SSSR count). The Morgan fingerprint density at radius 2 is 2.35 bits per heavy atom. The third kappa shape index (κ3) is 3.83. The summed E-state index contributed by atoms with van der Waals surface area (Å²) in [4.78, 5) is 14.7. The number of benzene rings is 1. The van der Waals surface area contributed by atoms with Crippen LogP contribution < -0.4 is 9.47 Å². The van der Waals surface area contributed by atoms with Crippen LogP contribution in [-0.4, -0.2) is 23.2 Å². The number of aliphatic carboxylic acids is 1. The highest BCUT2D eigenvalue weighted by Gasteiger charge is 2.05. The molecule has 104 valence electrons. The van der Waals surface area contributed by atoms with E-state index >= 15 is 0 Å². The van der Waals surface area contributed by atoms with Crippen LogP contribution in [0.5, 0.6) is 11.5 Å². The van der Waals surface area contributed by atoms with Crippen LogP contribution >= 0.6 is 11.3 Å². The van der Waals surface area contributed by atoms with Gasteiger partial charge in [0.05, 0.1) is 18.3 Å². The van der Waals surface area contributed by atoms with E-state index < -0.39 is 5.97 Å². The van der Waals surface area contributed by atoms with Crippen LogP contribution in [0.15, 0.2) is 35.2 Å². The van der Waals surface area contributed by atoms with Gasteiger partial charge < -0.3 is 14.6 Å². The number of carboxylic acid groups (broad SMARTS) is 1. The van der Waals surface area contributed by atoms with Crippen LogP contribution in [0.1, 0.15) is 11.3 Å². The highest BCUT2D eigenvalue weighted by Crippen LogP contribution is 2.26. The van der Waals surface area contributed by atoms with Gasteiger partial charge in [-0.05, 0) is 18.2 Å². The summed E-state index contributed by atoms with van der Waals surface area (Å²) < 4.78 is 10.8. The molecule has 0 aliphatic carbocycles. The molecule has 0 bridgehead atoms. The van der Waals surface area contributed by atoms with Gasteiger partial charge in [-0.25, -0.2) is 9.78 Å². The van der Waals surface area contributed by atoms with Crippen molar-refractivity contribution in [2.24, 2.45) is 0 Å². The molecule has 1 aromatic heterocycles. The maximum atomic E-state index is 10.6. The lowest BCUT2D eigenvalue weighted by atomic mass is 10.1. The Hall–Kier alpha value is -2.34. The van der Waals surface area contributed by atoms with E-state index in [0.717, 1.165) is 11.8 Å². The summed E-state index contributed by atoms with van der Waals surface area (Å²) in [6.07, 6.45) is 2.55. The molecule has 0 aliphatic heterocycles. The fraction of sp³-hybridized carbons (Fsp3) is 0.143. The van der Waals surface area contributed by atoms with Crippen molar-refractivity contribution in [3.8, 4) is 11.5 Å². The van der Waals surface area contributed by atoms with Crippen LogP contribution in [0.4, 0.5) is 0 Å². The van der Waals surface area contributed by atoms with Gasteiger partial charge in [-0.1, -0.05) is 0 Å². The first kappa shape index (κ1) is 14.1. The summed E-state index contributed by atoms with van der Waals surface area (Å²) >= 11 is 1.49. The number of ether oxygens (including phenoxy) is 2. The maximum Gasteiger partial charge on any atom is 0.328 e. The molecule has 6 heteroatoms. The van der Waals surface area contributed by atoms with E-state index in [4.69, 9.17) is 14.6 Å². The predicted octanol–water partition coefficient (Wildman–Crippen LogP) is 2.83. The van der Waals surface area contributed by atoms with E-state index in [1.54, 1.807) is 30.8 Å². The summed E-state index contributed by atoms with van der Waals surface area (Å²) in [6.45, 7) is 0.324. The van der Waals surface area contributed by atoms with E-state index in [0.29, 0.717) is 23.7 Å². The molecule has 1 aromatic carbocycles. The van der Waals surface area contributed by atoms with Crippen molar-refractivity contribution in [3.63, 3.8) is 0 Å². The highest BCUT2D eigenvalue weighted by atomic mass is 32.1. The van der Waals surface area contributed by atoms with Crippen LogP contribution in [0.3, 0.4) is 0 Å². The molecule has 0 amide bonds. The molecule has 0 atom stereocenters. The van der Waals surface area contributed by atoms with E-state index in [1.165, 1.54) is 17.4 Å². The molecule has 1 N–H and O–H groups in total. The van der Waals surface area contributed by atoms with E-state index in [2.05, 4.69) is 4.98 Å². The number of hydrogen-bond donors (Lipinski definition) is 1. The van der Waals surface area contributed by atoms with Gasteiger partial charge >= 0.3 is 5.97 Å². The first-order valence-electron chi connectivity index (χ1n) is 5.78. The van der Waals surface area contributed by atoms with Gasteiger partial charge in [0.25, 0.3) is 0 Å². The largest absolute Gasteiger partial charge is 0.497 e. The zero-order chi connectivity index (χ0) is 14.4. The number of thiazole rings is 1. The Bertz CT molecular complexity index is 608. The number of aromatic nitrogens is 1. The Morgan fingerprint density at radius 3 is 3.00 bits per heavy atom. The fourth-order valence-corrected chi connectivity index (χ4v) is 2.07.